The van der Waals surface area contributed by atoms with Gasteiger partial charge in [0.15, 0.2) is 0 Å². The lowest BCUT2D eigenvalue weighted by molar-refractivity contribution is -0.132. The SMILES string of the molecule is CCCCCCCCCCCCCCCCCCCCCCCCCCC=C(C)C(=O)O. The Balaban J connectivity index is 3.08. The van der Waals surface area contributed by atoms with Crippen LogP contribution in [0.2, 0.25) is 0 Å². The van der Waals surface area contributed by atoms with Crippen molar-refractivity contribution in [3.05, 3.63) is 11.6 Å². The van der Waals surface area contributed by atoms with E-state index >= 15 is 0 Å². The Morgan fingerprint density at radius 1 is 0.500 bits per heavy atom. The van der Waals surface area contributed by atoms with Crippen molar-refractivity contribution in [2.75, 3.05) is 0 Å². The highest BCUT2D eigenvalue weighted by Crippen LogP contribution is 2.16. The fourth-order valence-electron chi connectivity index (χ4n) is 4.51. The second kappa shape index (κ2) is 26.5. The van der Waals surface area contributed by atoms with Crippen LogP contribution >= 0.6 is 0 Å². The third-order valence-electron chi connectivity index (χ3n) is 6.85. The van der Waals surface area contributed by atoms with Crippen molar-refractivity contribution in [1.29, 1.82) is 0 Å². The molecule has 0 aliphatic carbocycles. The molecule has 0 amide bonds. The van der Waals surface area contributed by atoms with Crippen LogP contribution in [0.1, 0.15) is 174 Å². The van der Waals surface area contributed by atoms with Gasteiger partial charge in [0.25, 0.3) is 0 Å². The number of rotatable bonds is 26. The summed E-state index contributed by atoms with van der Waals surface area (Å²) in [7, 11) is 0. The highest BCUT2D eigenvalue weighted by molar-refractivity contribution is 5.85. The Morgan fingerprint density at radius 2 is 0.750 bits per heavy atom. The van der Waals surface area contributed by atoms with Gasteiger partial charge in [0.05, 0.1) is 0 Å². The maximum atomic E-state index is 10.7. The number of carbonyl (C=O) groups is 1. The standard InChI is InChI=1S/C30H58O2/c1-3-4-5-6-7-8-9-10-11-12-13-14-15-16-17-18-19-20-21-22-23-24-25-26-27-28-29(2)30(31)32/h28H,3-27H2,1-2H3,(H,31,32). The molecule has 0 aromatic rings. The summed E-state index contributed by atoms with van der Waals surface area (Å²) in [5, 5.41) is 8.80. The summed E-state index contributed by atoms with van der Waals surface area (Å²) < 4.78 is 0. The lowest BCUT2D eigenvalue weighted by Crippen LogP contribution is -1.95. The van der Waals surface area contributed by atoms with Gasteiger partial charge in [-0.15, -0.1) is 0 Å². The van der Waals surface area contributed by atoms with Gasteiger partial charge >= 0.3 is 5.97 Å². The molecule has 0 aliphatic rings. The first kappa shape index (κ1) is 31.2. The van der Waals surface area contributed by atoms with Gasteiger partial charge < -0.3 is 5.11 Å². The minimum Gasteiger partial charge on any atom is -0.478 e. The monoisotopic (exact) mass is 450 g/mol. The summed E-state index contributed by atoms with van der Waals surface area (Å²) in [6.07, 6.45) is 36.7. The Bertz CT molecular complexity index is 413. The largest absolute Gasteiger partial charge is 0.478 e. The average molecular weight is 451 g/mol. The molecule has 0 heterocycles. The van der Waals surface area contributed by atoms with E-state index < -0.39 is 5.97 Å². The number of carboxylic acids is 1. The fraction of sp³-hybridized carbons (Fsp3) is 0.900. The van der Waals surface area contributed by atoms with Gasteiger partial charge in [-0.05, 0) is 19.8 Å². The van der Waals surface area contributed by atoms with Crippen LogP contribution < -0.4 is 0 Å². The quantitative estimate of drug-likeness (QED) is 0.105. The van der Waals surface area contributed by atoms with Crippen molar-refractivity contribution in [1.82, 2.24) is 0 Å². The van der Waals surface area contributed by atoms with E-state index in [2.05, 4.69) is 6.92 Å². The van der Waals surface area contributed by atoms with Gasteiger partial charge in [0.1, 0.15) is 0 Å². The molecule has 0 unspecified atom stereocenters. The molecule has 0 aliphatic heterocycles. The van der Waals surface area contributed by atoms with Crippen LogP contribution in [0.3, 0.4) is 0 Å². The molecule has 1 N–H and O–H groups in total. The predicted molar refractivity (Wildman–Crippen MR) is 142 cm³/mol. The van der Waals surface area contributed by atoms with Crippen LogP contribution in [0.25, 0.3) is 0 Å². The molecule has 0 aromatic heterocycles. The molecule has 0 saturated heterocycles. The average Bonchev–Trinajstić information content (AvgIpc) is 2.78. The molecule has 0 saturated carbocycles. The predicted octanol–water partition coefficient (Wildman–Crippen LogP) is 10.8. The number of hydrogen-bond acceptors (Lipinski definition) is 1. The van der Waals surface area contributed by atoms with Crippen LogP contribution in [-0.4, -0.2) is 11.1 Å². The number of hydrogen-bond donors (Lipinski definition) is 1. The summed E-state index contributed by atoms with van der Waals surface area (Å²) in [5.41, 5.74) is 0.485. The normalized spacial score (nSPS) is 11.9. The van der Waals surface area contributed by atoms with Gasteiger partial charge in [-0.1, -0.05) is 161 Å². The van der Waals surface area contributed by atoms with Crippen LogP contribution in [-0.2, 0) is 4.79 Å². The van der Waals surface area contributed by atoms with Crippen LogP contribution in [0, 0.1) is 0 Å². The third-order valence-corrected chi connectivity index (χ3v) is 6.85. The molecule has 0 aromatic carbocycles. The van der Waals surface area contributed by atoms with Crippen LogP contribution in [0.4, 0.5) is 0 Å². The number of unbranched alkanes of at least 4 members (excludes halogenated alkanes) is 24. The lowest BCUT2D eigenvalue weighted by atomic mass is 10.0. The summed E-state index contributed by atoms with van der Waals surface area (Å²) >= 11 is 0. The van der Waals surface area contributed by atoms with Crippen molar-refractivity contribution >= 4 is 5.97 Å². The van der Waals surface area contributed by atoms with Crippen molar-refractivity contribution in [2.45, 2.75) is 174 Å². The summed E-state index contributed by atoms with van der Waals surface area (Å²) in [6.45, 7) is 3.98. The molecule has 0 spiro atoms. The zero-order valence-electron chi connectivity index (χ0n) is 22.1. The molecule has 0 atom stereocenters. The van der Waals surface area contributed by atoms with E-state index in [4.69, 9.17) is 5.11 Å². The Morgan fingerprint density at radius 3 is 1.00 bits per heavy atom. The number of carboxylic acid groups (broad SMARTS) is 1. The van der Waals surface area contributed by atoms with E-state index in [-0.39, 0.29) is 0 Å². The topological polar surface area (TPSA) is 37.3 Å². The Kier molecular flexibility index (Phi) is 25.8. The molecular formula is C30H58O2. The summed E-state index contributed by atoms with van der Waals surface area (Å²) in [6, 6.07) is 0. The second-order valence-electron chi connectivity index (χ2n) is 10.1. The van der Waals surface area contributed by atoms with Crippen LogP contribution in [0.15, 0.2) is 11.6 Å². The zero-order valence-corrected chi connectivity index (χ0v) is 22.1. The Hall–Kier alpha value is -0.790. The maximum absolute atomic E-state index is 10.7. The summed E-state index contributed by atoms with van der Waals surface area (Å²) in [4.78, 5) is 10.7. The highest BCUT2D eigenvalue weighted by Gasteiger charge is 1.98. The third kappa shape index (κ3) is 25.5. The van der Waals surface area contributed by atoms with Crippen molar-refractivity contribution in [3.8, 4) is 0 Å². The first-order valence-electron chi connectivity index (χ1n) is 14.6. The van der Waals surface area contributed by atoms with E-state index in [1.54, 1.807) is 6.92 Å². The minimum atomic E-state index is -0.783. The van der Waals surface area contributed by atoms with E-state index in [0.29, 0.717) is 5.57 Å². The van der Waals surface area contributed by atoms with Gasteiger partial charge in [-0.2, -0.15) is 0 Å². The smallest absolute Gasteiger partial charge is 0.330 e. The highest BCUT2D eigenvalue weighted by atomic mass is 16.4. The van der Waals surface area contributed by atoms with Gasteiger partial charge in [0, 0.05) is 5.57 Å². The first-order valence-corrected chi connectivity index (χ1v) is 14.6. The lowest BCUT2D eigenvalue weighted by Gasteiger charge is -2.04. The van der Waals surface area contributed by atoms with Crippen LogP contribution in [0.5, 0.6) is 0 Å². The zero-order chi connectivity index (χ0) is 23.5. The van der Waals surface area contributed by atoms with E-state index in [9.17, 15) is 4.79 Å². The van der Waals surface area contributed by atoms with Crippen molar-refractivity contribution in [3.63, 3.8) is 0 Å². The number of allylic oxidation sites excluding steroid dienone is 1. The van der Waals surface area contributed by atoms with Gasteiger partial charge in [-0.3, -0.25) is 0 Å². The minimum absolute atomic E-state index is 0.485. The van der Waals surface area contributed by atoms with E-state index in [1.165, 1.54) is 148 Å². The maximum Gasteiger partial charge on any atom is 0.330 e. The molecule has 0 radical (unpaired) electrons. The molecule has 32 heavy (non-hydrogen) atoms. The van der Waals surface area contributed by atoms with Crippen molar-refractivity contribution < 1.29 is 9.90 Å². The fourth-order valence-corrected chi connectivity index (χ4v) is 4.51. The molecular weight excluding hydrogens is 392 g/mol. The second-order valence-corrected chi connectivity index (χ2v) is 10.1. The molecule has 0 fully saturated rings. The first-order chi connectivity index (χ1) is 15.7. The number of aliphatic carboxylic acids is 1. The van der Waals surface area contributed by atoms with E-state index in [1.807, 2.05) is 6.08 Å². The van der Waals surface area contributed by atoms with Gasteiger partial charge in [-0.25, -0.2) is 4.79 Å². The van der Waals surface area contributed by atoms with Gasteiger partial charge in [0.2, 0.25) is 0 Å². The molecule has 0 bridgehead atoms. The molecule has 190 valence electrons. The molecule has 2 nitrogen and oxygen atoms in total. The molecule has 0 rings (SSSR count). The summed E-state index contributed by atoms with van der Waals surface area (Å²) in [5.74, 6) is -0.783. The Labute approximate surface area is 202 Å². The van der Waals surface area contributed by atoms with E-state index in [0.717, 1.165) is 12.8 Å². The molecule has 2 heteroatoms. The van der Waals surface area contributed by atoms with Crippen molar-refractivity contribution in [2.24, 2.45) is 0 Å².